The third kappa shape index (κ3) is 2.23. The van der Waals surface area contributed by atoms with Gasteiger partial charge in [0, 0.05) is 0 Å². The van der Waals surface area contributed by atoms with Crippen molar-refractivity contribution >= 4 is 23.2 Å². The third-order valence-corrected chi connectivity index (χ3v) is 2.94. The van der Waals surface area contributed by atoms with Crippen LogP contribution < -0.4 is 4.74 Å². The smallest absolute Gasteiger partial charge is 0.152 e. The number of benzene rings is 1. The molecule has 0 aliphatic heterocycles. The zero-order valence-corrected chi connectivity index (χ0v) is 11.0. The van der Waals surface area contributed by atoms with Crippen LogP contribution in [0.15, 0.2) is 18.2 Å². The number of ether oxygens (including phenoxy) is 1. The summed E-state index contributed by atoms with van der Waals surface area (Å²) >= 11 is 11.9. The van der Waals surface area contributed by atoms with Gasteiger partial charge in [-0.3, -0.25) is 4.57 Å². The minimum atomic E-state index is 0.296. The van der Waals surface area contributed by atoms with Gasteiger partial charge >= 0.3 is 0 Å². The van der Waals surface area contributed by atoms with Crippen LogP contribution in [0.2, 0.25) is 5.02 Å². The predicted molar refractivity (Wildman–Crippen MR) is 67.2 cm³/mol. The van der Waals surface area contributed by atoms with Crippen molar-refractivity contribution in [3.05, 3.63) is 34.9 Å². The Hall–Kier alpha value is -1.26. The molecule has 0 atom stereocenters. The van der Waals surface area contributed by atoms with Gasteiger partial charge in [-0.05, 0) is 25.1 Å². The predicted octanol–water partition coefficient (Wildman–Crippen LogP) is 2.98. The summed E-state index contributed by atoms with van der Waals surface area (Å²) in [5.74, 6) is 2.38. The monoisotopic (exact) mass is 271 g/mol. The van der Waals surface area contributed by atoms with Crippen molar-refractivity contribution in [3.8, 4) is 11.4 Å². The lowest BCUT2D eigenvalue weighted by Crippen LogP contribution is -2.01. The number of nitrogens with zero attached hydrogens (tertiary/aromatic N) is 3. The Bertz CT molecular complexity index is 540. The molecule has 0 aliphatic carbocycles. The molecule has 0 unspecified atom stereocenters. The number of halogens is 2. The van der Waals surface area contributed by atoms with Crippen molar-refractivity contribution in [2.45, 2.75) is 12.8 Å². The average molecular weight is 272 g/mol. The van der Waals surface area contributed by atoms with Crippen LogP contribution in [-0.2, 0) is 5.88 Å². The molecule has 0 saturated carbocycles. The van der Waals surface area contributed by atoms with Crippen LogP contribution >= 0.6 is 23.2 Å². The van der Waals surface area contributed by atoms with Crippen molar-refractivity contribution in [3.63, 3.8) is 0 Å². The first-order valence-electron chi connectivity index (χ1n) is 4.98. The Morgan fingerprint density at radius 1 is 1.35 bits per heavy atom. The van der Waals surface area contributed by atoms with Gasteiger partial charge in [0.2, 0.25) is 0 Å². The van der Waals surface area contributed by atoms with Crippen molar-refractivity contribution in [2.24, 2.45) is 0 Å². The second-order valence-corrected chi connectivity index (χ2v) is 4.13. The minimum Gasteiger partial charge on any atom is -0.495 e. The summed E-state index contributed by atoms with van der Waals surface area (Å²) in [6, 6.07) is 5.49. The number of hydrogen-bond acceptors (Lipinski definition) is 3. The van der Waals surface area contributed by atoms with Gasteiger partial charge in [-0.15, -0.1) is 21.8 Å². The van der Waals surface area contributed by atoms with Gasteiger partial charge in [-0.1, -0.05) is 11.6 Å². The minimum absolute atomic E-state index is 0.296. The van der Waals surface area contributed by atoms with E-state index in [1.165, 1.54) is 0 Å². The van der Waals surface area contributed by atoms with Crippen molar-refractivity contribution in [1.29, 1.82) is 0 Å². The molecule has 0 amide bonds. The zero-order chi connectivity index (χ0) is 12.4. The first kappa shape index (κ1) is 12.2. The number of methoxy groups -OCH3 is 1. The highest BCUT2D eigenvalue weighted by Gasteiger charge is 2.11. The van der Waals surface area contributed by atoms with Gasteiger partial charge in [0.25, 0.3) is 0 Å². The molecule has 90 valence electrons. The second kappa shape index (κ2) is 4.94. The summed E-state index contributed by atoms with van der Waals surface area (Å²) in [6.45, 7) is 1.86. The molecule has 1 heterocycles. The first-order valence-corrected chi connectivity index (χ1v) is 5.89. The Kier molecular flexibility index (Phi) is 3.54. The quantitative estimate of drug-likeness (QED) is 0.806. The maximum absolute atomic E-state index is 6.08. The molecule has 2 aromatic rings. The van der Waals surface area contributed by atoms with Crippen LogP contribution in [-0.4, -0.2) is 21.9 Å². The van der Waals surface area contributed by atoms with Gasteiger partial charge < -0.3 is 4.74 Å². The third-order valence-electron chi connectivity index (χ3n) is 2.40. The molecule has 0 fully saturated rings. The maximum Gasteiger partial charge on any atom is 0.152 e. The summed E-state index contributed by atoms with van der Waals surface area (Å²) in [6.07, 6.45) is 0. The standard InChI is InChI=1S/C11H11Cl2N3O/c1-7-14-15-11(6-12)16(7)8-3-4-10(17-2)9(13)5-8/h3-5H,6H2,1-2H3. The molecule has 0 saturated heterocycles. The van der Waals surface area contributed by atoms with E-state index < -0.39 is 0 Å². The molecule has 6 heteroatoms. The molecule has 0 spiro atoms. The Balaban J connectivity index is 2.53. The normalized spacial score (nSPS) is 10.6. The van der Waals surface area contributed by atoms with E-state index in [9.17, 15) is 0 Å². The maximum atomic E-state index is 6.08. The molecule has 0 aliphatic rings. The average Bonchev–Trinajstić information content (AvgIpc) is 2.70. The van der Waals surface area contributed by atoms with Crippen LogP contribution in [0.5, 0.6) is 5.75 Å². The Morgan fingerprint density at radius 3 is 2.71 bits per heavy atom. The van der Waals surface area contributed by atoms with Gasteiger partial charge in [-0.2, -0.15) is 0 Å². The Morgan fingerprint density at radius 2 is 2.12 bits per heavy atom. The number of aromatic nitrogens is 3. The molecule has 0 N–H and O–H groups in total. The molecule has 1 aromatic heterocycles. The molecular formula is C11H11Cl2N3O. The molecular weight excluding hydrogens is 261 g/mol. The molecule has 0 bridgehead atoms. The highest BCUT2D eigenvalue weighted by molar-refractivity contribution is 6.32. The van der Waals surface area contributed by atoms with Crippen LogP contribution in [0.4, 0.5) is 0 Å². The first-order chi connectivity index (χ1) is 8.17. The fourth-order valence-electron chi connectivity index (χ4n) is 1.62. The van der Waals surface area contributed by atoms with Gasteiger partial charge in [-0.25, -0.2) is 0 Å². The van der Waals surface area contributed by atoms with Gasteiger partial charge in [0.15, 0.2) is 5.82 Å². The van der Waals surface area contributed by atoms with E-state index in [4.69, 9.17) is 27.9 Å². The molecule has 2 rings (SSSR count). The fraction of sp³-hybridized carbons (Fsp3) is 0.273. The van der Waals surface area contributed by atoms with Gasteiger partial charge in [0.1, 0.15) is 11.6 Å². The van der Waals surface area contributed by atoms with Gasteiger partial charge in [0.05, 0.1) is 23.7 Å². The summed E-state index contributed by atoms with van der Waals surface area (Å²) in [7, 11) is 1.58. The summed E-state index contributed by atoms with van der Waals surface area (Å²) in [5.41, 5.74) is 0.869. The van der Waals surface area contributed by atoms with Crippen LogP contribution in [0.3, 0.4) is 0 Å². The topological polar surface area (TPSA) is 39.9 Å². The van der Waals surface area contributed by atoms with E-state index in [2.05, 4.69) is 10.2 Å². The summed E-state index contributed by atoms with van der Waals surface area (Å²) < 4.78 is 6.97. The SMILES string of the molecule is COc1ccc(-n2c(C)nnc2CCl)cc1Cl. The lowest BCUT2D eigenvalue weighted by atomic mass is 10.3. The summed E-state index contributed by atoms with van der Waals surface area (Å²) in [4.78, 5) is 0. The fourth-order valence-corrected chi connectivity index (χ4v) is 2.05. The Labute approximate surface area is 109 Å². The van der Waals surface area contributed by atoms with E-state index in [-0.39, 0.29) is 0 Å². The van der Waals surface area contributed by atoms with E-state index in [1.807, 2.05) is 17.6 Å². The van der Waals surface area contributed by atoms with E-state index in [0.29, 0.717) is 22.5 Å². The number of hydrogen-bond donors (Lipinski definition) is 0. The van der Waals surface area contributed by atoms with E-state index >= 15 is 0 Å². The molecule has 0 radical (unpaired) electrons. The highest BCUT2D eigenvalue weighted by atomic mass is 35.5. The number of alkyl halides is 1. The van der Waals surface area contributed by atoms with Crippen molar-refractivity contribution < 1.29 is 4.74 Å². The second-order valence-electron chi connectivity index (χ2n) is 3.45. The number of rotatable bonds is 3. The molecule has 1 aromatic carbocycles. The van der Waals surface area contributed by atoms with E-state index in [1.54, 1.807) is 19.2 Å². The number of aryl methyl sites for hydroxylation is 1. The lowest BCUT2D eigenvalue weighted by molar-refractivity contribution is 0.415. The highest BCUT2D eigenvalue weighted by Crippen LogP contribution is 2.27. The van der Waals surface area contributed by atoms with E-state index in [0.717, 1.165) is 11.5 Å². The van der Waals surface area contributed by atoms with Crippen LogP contribution in [0.1, 0.15) is 11.6 Å². The molecule has 4 nitrogen and oxygen atoms in total. The van der Waals surface area contributed by atoms with Crippen LogP contribution in [0, 0.1) is 6.92 Å². The zero-order valence-electron chi connectivity index (χ0n) is 9.44. The van der Waals surface area contributed by atoms with Crippen molar-refractivity contribution in [1.82, 2.24) is 14.8 Å². The van der Waals surface area contributed by atoms with Crippen LogP contribution in [0.25, 0.3) is 5.69 Å². The molecule has 17 heavy (non-hydrogen) atoms. The summed E-state index contributed by atoms with van der Waals surface area (Å²) in [5, 5.41) is 8.52. The lowest BCUT2D eigenvalue weighted by Gasteiger charge is -2.09. The largest absolute Gasteiger partial charge is 0.495 e. The van der Waals surface area contributed by atoms with Crippen molar-refractivity contribution in [2.75, 3.05) is 7.11 Å².